The molecule has 0 radical (unpaired) electrons. The molecule has 16 heavy (non-hydrogen) atoms. The number of benzene rings is 1. The highest BCUT2D eigenvalue weighted by Gasteiger charge is 2.17. The number of anilines is 1. The number of amides is 1. The number of carbonyl (C=O) groups excluding carboxylic acids is 1. The van der Waals surface area contributed by atoms with Gasteiger partial charge in [-0.1, -0.05) is 24.1 Å². The third-order valence-electron chi connectivity index (χ3n) is 2.76. The molecular formula is C12H15ClN2O. The van der Waals surface area contributed by atoms with E-state index in [1.165, 1.54) is 19.3 Å². The van der Waals surface area contributed by atoms with E-state index < -0.39 is 0 Å². The SMILES string of the molecule is O=C(CNC1CCC1)Nc1cccc(Cl)c1. The summed E-state index contributed by atoms with van der Waals surface area (Å²) in [4.78, 5) is 11.6. The summed E-state index contributed by atoms with van der Waals surface area (Å²) in [6.45, 7) is 0.372. The first-order valence-corrected chi connectivity index (χ1v) is 5.90. The van der Waals surface area contributed by atoms with E-state index in [9.17, 15) is 4.79 Å². The summed E-state index contributed by atoms with van der Waals surface area (Å²) in [7, 11) is 0. The van der Waals surface area contributed by atoms with E-state index in [1.807, 2.05) is 12.1 Å². The Balaban J connectivity index is 1.77. The van der Waals surface area contributed by atoms with E-state index in [1.54, 1.807) is 12.1 Å². The zero-order valence-electron chi connectivity index (χ0n) is 9.00. The zero-order valence-corrected chi connectivity index (χ0v) is 9.76. The molecule has 0 unspecified atom stereocenters. The van der Waals surface area contributed by atoms with E-state index in [4.69, 9.17) is 11.6 Å². The summed E-state index contributed by atoms with van der Waals surface area (Å²) in [5, 5.41) is 6.64. The Morgan fingerprint density at radius 2 is 2.25 bits per heavy atom. The lowest BCUT2D eigenvalue weighted by Crippen LogP contribution is -2.40. The van der Waals surface area contributed by atoms with Gasteiger partial charge in [0, 0.05) is 16.8 Å². The molecule has 0 heterocycles. The summed E-state index contributed by atoms with van der Waals surface area (Å²) < 4.78 is 0. The number of hydrogen-bond acceptors (Lipinski definition) is 2. The van der Waals surface area contributed by atoms with Crippen molar-refractivity contribution >= 4 is 23.2 Å². The summed E-state index contributed by atoms with van der Waals surface area (Å²) in [5.41, 5.74) is 0.743. The van der Waals surface area contributed by atoms with E-state index in [0.29, 0.717) is 17.6 Å². The Hall–Kier alpha value is -1.06. The first-order chi connectivity index (χ1) is 7.74. The summed E-state index contributed by atoms with van der Waals surface area (Å²) in [6.07, 6.45) is 3.64. The summed E-state index contributed by atoms with van der Waals surface area (Å²) >= 11 is 5.82. The van der Waals surface area contributed by atoms with Gasteiger partial charge in [-0.2, -0.15) is 0 Å². The molecule has 86 valence electrons. The van der Waals surface area contributed by atoms with Gasteiger partial charge in [0.05, 0.1) is 6.54 Å². The largest absolute Gasteiger partial charge is 0.325 e. The van der Waals surface area contributed by atoms with Crippen molar-refractivity contribution in [3.63, 3.8) is 0 Å². The number of nitrogens with one attached hydrogen (secondary N) is 2. The summed E-state index contributed by atoms with van der Waals surface area (Å²) in [6, 6.07) is 7.70. The molecule has 0 saturated heterocycles. The van der Waals surface area contributed by atoms with Gasteiger partial charge in [-0.3, -0.25) is 4.79 Å². The predicted molar refractivity (Wildman–Crippen MR) is 65.7 cm³/mol. The van der Waals surface area contributed by atoms with Crippen LogP contribution in [0.2, 0.25) is 5.02 Å². The third-order valence-corrected chi connectivity index (χ3v) is 3.00. The van der Waals surface area contributed by atoms with Crippen LogP contribution in [-0.4, -0.2) is 18.5 Å². The second kappa shape index (κ2) is 5.32. The fraction of sp³-hybridized carbons (Fsp3) is 0.417. The minimum atomic E-state index is -0.0193. The van der Waals surface area contributed by atoms with Gasteiger partial charge in [0.15, 0.2) is 0 Å². The lowest BCUT2D eigenvalue weighted by Gasteiger charge is -2.26. The maximum atomic E-state index is 11.6. The van der Waals surface area contributed by atoms with Crippen molar-refractivity contribution in [1.29, 1.82) is 0 Å². The number of hydrogen-bond donors (Lipinski definition) is 2. The molecule has 3 nitrogen and oxygen atoms in total. The lowest BCUT2D eigenvalue weighted by atomic mass is 9.93. The number of carbonyl (C=O) groups is 1. The molecule has 0 atom stereocenters. The monoisotopic (exact) mass is 238 g/mol. The van der Waals surface area contributed by atoms with Crippen LogP contribution in [0.4, 0.5) is 5.69 Å². The van der Waals surface area contributed by atoms with Gasteiger partial charge in [0.1, 0.15) is 0 Å². The van der Waals surface area contributed by atoms with Crippen LogP contribution in [0.5, 0.6) is 0 Å². The minimum absolute atomic E-state index is 0.0193. The van der Waals surface area contributed by atoms with E-state index >= 15 is 0 Å². The van der Waals surface area contributed by atoms with Crippen molar-refractivity contribution in [3.05, 3.63) is 29.3 Å². The maximum absolute atomic E-state index is 11.6. The first kappa shape index (κ1) is 11.4. The highest BCUT2D eigenvalue weighted by Crippen LogP contribution is 2.18. The van der Waals surface area contributed by atoms with E-state index in [0.717, 1.165) is 5.69 Å². The Morgan fingerprint density at radius 3 is 2.88 bits per heavy atom. The molecule has 1 aromatic carbocycles. The molecule has 1 fully saturated rings. The normalized spacial score (nSPS) is 15.6. The predicted octanol–water partition coefficient (Wildman–Crippen LogP) is 2.42. The van der Waals surface area contributed by atoms with Crippen molar-refractivity contribution < 1.29 is 4.79 Å². The maximum Gasteiger partial charge on any atom is 0.238 e. The fourth-order valence-corrected chi connectivity index (χ4v) is 1.81. The van der Waals surface area contributed by atoms with Gasteiger partial charge in [0.2, 0.25) is 5.91 Å². The van der Waals surface area contributed by atoms with Crippen LogP contribution < -0.4 is 10.6 Å². The molecule has 1 aromatic rings. The van der Waals surface area contributed by atoms with Crippen LogP contribution in [0.1, 0.15) is 19.3 Å². The Kier molecular flexibility index (Phi) is 3.80. The van der Waals surface area contributed by atoms with Crippen LogP contribution in [0, 0.1) is 0 Å². The van der Waals surface area contributed by atoms with Crippen LogP contribution in [-0.2, 0) is 4.79 Å². The fourth-order valence-electron chi connectivity index (χ4n) is 1.62. The third kappa shape index (κ3) is 3.22. The molecule has 0 aromatic heterocycles. The average Bonchev–Trinajstić information content (AvgIpc) is 2.15. The van der Waals surface area contributed by atoms with Gasteiger partial charge in [-0.25, -0.2) is 0 Å². The summed E-state index contributed by atoms with van der Waals surface area (Å²) in [5.74, 6) is -0.0193. The van der Waals surface area contributed by atoms with Crippen molar-refractivity contribution in [2.45, 2.75) is 25.3 Å². The second-order valence-corrected chi connectivity index (χ2v) is 4.50. The van der Waals surface area contributed by atoms with Crippen molar-refractivity contribution in [3.8, 4) is 0 Å². The quantitative estimate of drug-likeness (QED) is 0.846. The van der Waals surface area contributed by atoms with Crippen LogP contribution in [0.25, 0.3) is 0 Å². The van der Waals surface area contributed by atoms with Crippen LogP contribution in [0.15, 0.2) is 24.3 Å². The Morgan fingerprint density at radius 1 is 1.44 bits per heavy atom. The van der Waals surface area contributed by atoms with Gasteiger partial charge in [-0.15, -0.1) is 0 Å². The molecule has 1 aliphatic rings. The van der Waals surface area contributed by atoms with Gasteiger partial charge in [-0.05, 0) is 31.0 Å². The molecule has 1 amide bonds. The molecule has 2 N–H and O–H groups in total. The lowest BCUT2D eigenvalue weighted by molar-refractivity contribution is -0.115. The van der Waals surface area contributed by atoms with Gasteiger partial charge >= 0.3 is 0 Å². The van der Waals surface area contributed by atoms with Crippen LogP contribution >= 0.6 is 11.6 Å². The van der Waals surface area contributed by atoms with E-state index in [-0.39, 0.29) is 5.91 Å². The second-order valence-electron chi connectivity index (χ2n) is 4.07. The topological polar surface area (TPSA) is 41.1 Å². The number of rotatable bonds is 4. The highest BCUT2D eigenvalue weighted by molar-refractivity contribution is 6.30. The highest BCUT2D eigenvalue weighted by atomic mass is 35.5. The molecule has 0 aliphatic heterocycles. The Bertz CT molecular complexity index is 377. The first-order valence-electron chi connectivity index (χ1n) is 5.53. The standard InChI is InChI=1S/C12H15ClN2O/c13-9-3-1-6-11(7-9)15-12(16)8-14-10-4-2-5-10/h1,3,6-7,10,14H,2,4-5,8H2,(H,15,16). The van der Waals surface area contributed by atoms with Crippen molar-refractivity contribution in [2.75, 3.05) is 11.9 Å². The molecule has 2 rings (SSSR count). The average molecular weight is 239 g/mol. The Labute approximate surface area is 100 Å². The number of halogens is 1. The molecular weight excluding hydrogens is 224 g/mol. The van der Waals surface area contributed by atoms with Gasteiger partial charge < -0.3 is 10.6 Å². The molecule has 1 aliphatic carbocycles. The van der Waals surface area contributed by atoms with Crippen molar-refractivity contribution in [1.82, 2.24) is 5.32 Å². The molecule has 0 spiro atoms. The molecule has 1 saturated carbocycles. The molecule has 4 heteroatoms. The van der Waals surface area contributed by atoms with E-state index in [2.05, 4.69) is 10.6 Å². The molecule has 0 bridgehead atoms. The van der Waals surface area contributed by atoms with Crippen molar-refractivity contribution in [2.24, 2.45) is 0 Å². The minimum Gasteiger partial charge on any atom is -0.325 e. The van der Waals surface area contributed by atoms with Crippen LogP contribution in [0.3, 0.4) is 0 Å². The van der Waals surface area contributed by atoms with Gasteiger partial charge in [0.25, 0.3) is 0 Å². The smallest absolute Gasteiger partial charge is 0.238 e. The zero-order chi connectivity index (χ0) is 11.4.